The Morgan fingerprint density at radius 2 is 1.94 bits per heavy atom. The van der Waals surface area contributed by atoms with Gasteiger partial charge in [0.25, 0.3) is 5.91 Å². The second-order valence-electron chi connectivity index (χ2n) is 7.78. The SMILES string of the molecule is COc1cc(OC)c(N2C(=NC(=O)Cc3cccc(C)c3)SC3CS(=O)(=O)CC32)cc1Cl. The van der Waals surface area contributed by atoms with Gasteiger partial charge in [-0.2, -0.15) is 4.99 Å². The fourth-order valence-electron chi connectivity index (χ4n) is 4.02. The number of nitrogens with zero attached hydrogens (tertiary/aromatic N) is 2. The number of amides is 1. The molecule has 32 heavy (non-hydrogen) atoms. The third-order valence-corrected chi connectivity index (χ3v) is 8.94. The first kappa shape index (κ1) is 22.9. The van der Waals surface area contributed by atoms with Crippen LogP contribution in [0.3, 0.4) is 0 Å². The van der Waals surface area contributed by atoms with E-state index >= 15 is 0 Å². The van der Waals surface area contributed by atoms with Crippen LogP contribution in [0.15, 0.2) is 41.4 Å². The average molecular weight is 495 g/mol. The molecular weight excluding hydrogens is 472 g/mol. The minimum Gasteiger partial charge on any atom is -0.495 e. The molecule has 2 heterocycles. The van der Waals surface area contributed by atoms with Crippen molar-refractivity contribution in [2.24, 2.45) is 4.99 Å². The monoisotopic (exact) mass is 494 g/mol. The molecule has 0 aliphatic carbocycles. The second-order valence-corrected chi connectivity index (χ2v) is 11.6. The zero-order valence-corrected chi connectivity index (χ0v) is 20.3. The van der Waals surface area contributed by atoms with E-state index in [0.717, 1.165) is 11.1 Å². The number of fused-ring (bicyclic) bond motifs is 1. The average Bonchev–Trinajstić information content (AvgIpc) is 3.18. The third-order valence-electron chi connectivity index (χ3n) is 5.44. The quantitative estimate of drug-likeness (QED) is 0.628. The maximum Gasteiger partial charge on any atom is 0.252 e. The molecule has 0 N–H and O–H groups in total. The molecule has 170 valence electrons. The van der Waals surface area contributed by atoms with Crippen LogP contribution in [0.5, 0.6) is 11.5 Å². The topological polar surface area (TPSA) is 85.3 Å². The van der Waals surface area contributed by atoms with E-state index in [0.29, 0.717) is 27.4 Å². The van der Waals surface area contributed by atoms with Crippen LogP contribution in [0.1, 0.15) is 11.1 Å². The van der Waals surface area contributed by atoms with Gasteiger partial charge in [-0.25, -0.2) is 8.42 Å². The molecule has 2 aromatic rings. The van der Waals surface area contributed by atoms with E-state index in [-0.39, 0.29) is 35.1 Å². The Labute approximate surface area is 196 Å². The van der Waals surface area contributed by atoms with Crippen LogP contribution in [0, 0.1) is 6.92 Å². The Morgan fingerprint density at radius 3 is 2.62 bits per heavy atom. The molecular formula is C22H23ClN2O5S2. The van der Waals surface area contributed by atoms with Crippen LogP contribution >= 0.6 is 23.4 Å². The summed E-state index contributed by atoms with van der Waals surface area (Å²) < 4.78 is 35.5. The van der Waals surface area contributed by atoms with Crippen molar-refractivity contribution >= 4 is 50.0 Å². The van der Waals surface area contributed by atoms with Gasteiger partial charge in [0.05, 0.1) is 48.9 Å². The van der Waals surface area contributed by atoms with Gasteiger partial charge in [0.1, 0.15) is 11.5 Å². The minimum absolute atomic E-state index is 0.0252. The molecule has 2 atom stereocenters. The number of rotatable bonds is 5. The lowest BCUT2D eigenvalue weighted by Crippen LogP contribution is -2.38. The number of hydrogen-bond acceptors (Lipinski definition) is 6. The van der Waals surface area contributed by atoms with Gasteiger partial charge in [0, 0.05) is 11.3 Å². The van der Waals surface area contributed by atoms with E-state index in [1.54, 1.807) is 17.0 Å². The first-order valence-electron chi connectivity index (χ1n) is 9.95. The second kappa shape index (κ2) is 8.96. The molecule has 0 bridgehead atoms. The number of hydrogen-bond donors (Lipinski definition) is 0. The largest absolute Gasteiger partial charge is 0.495 e. The van der Waals surface area contributed by atoms with Crippen molar-refractivity contribution in [3.05, 3.63) is 52.5 Å². The van der Waals surface area contributed by atoms with Crippen molar-refractivity contribution in [3.8, 4) is 11.5 Å². The van der Waals surface area contributed by atoms with Crippen LogP contribution in [0.4, 0.5) is 5.69 Å². The number of halogens is 1. The normalized spacial score (nSPS) is 22.8. The molecule has 2 aromatic carbocycles. The van der Waals surface area contributed by atoms with Crippen LogP contribution in [0.25, 0.3) is 0 Å². The fourth-order valence-corrected chi connectivity index (χ4v) is 8.18. The summed E-state index contributed by atoms with van der Waals surface area (Å²) in [7, 11) is -0.181. The lowest BCUT2D eigenvalue weighted by atomic mass is 10.1. The van der Waals surface area contributed by atoms with E-state index in [2.05, 4.69) is 4.99 Å². The van der Waals surface area contributed by atoms with Gasteiger partial charge in [-0.1, -0.05) is 53.2 Å². The van der Waals surface area contributed by atoms with Crippen molar-refractivity contribution < 1.29 is 22.7 Å². The van der Waals surface area contributed by atoms with Crippen LogP contribution < -0.4 is 14.4 Å². The van der Waals surface area contributed by atoms with Crippen molar-refractivity contribution in [1.82, 2.24) is 0 Å². The lowest BCUT2D eigenvalue weighted by molar-refractivity contribution is -0.117. The van der Waals surface area contributed by atoms with Gasteiger partial charge >= 0.3 is 0 Å². The van der Waals surface area contributed by atoms with Crippen molar-refractivity contribution in [2.45, 2.75) is 24.6 Å². The molecule has 2 aliphatic heterocycles. The summed E-state index contributed by atoms with van der Waals surface area (Å²) in [5, 5.41) is 0.575. The first-order valence-corrected chi connectivity index (χ1v) is 13.0. The number of carbonyl (C=O) groups is 1. The number of amidine groups is 1. The number of methoxy groups -OCH3 is 2. The molecule has 1 amide bonds. The Bertz CT molecular complexity index is 1200. The van der Waals surface area contributed by atoms with Gasteiger partial charge in [0.2, 0.25) is 0 Å². The van der Waals surface area contributed by atoms with Gasteiger partial charge < -0.3 is 14.4 Å². The lowest BCUT2D eigenvalue weighted by Gasteiger charge is -2.26. The van der Waals surface area contributed by atoms with Crippen molar-refractivity contribution in [2.75, 3.05) is 30.6 Å². The van der Waals surface area contributed by atoms with E-state index in [1.165, 1.54) is 26.0 Å². The third kappa shape index (κ3) is 4.60. The molecule has 0 aromatic heterocycles. The highest BCUT2D eigenvalue weighted by molar-refractivity contribution is 8.16. The van der Waals surface area contributed by atoms with E-state index < -0.39 is 9.84 Å². The number of carbonyl (C=O) groups excluding carboxylic acids is 1. The molecule has 2 unspecified atom stereocenters. The highest BCUT2D eigenvalue weighted by Crippen LogP contribution is 2.46. The standard InChI is InChI=1S/C22H23ClN2O5S2/c1-13-5-4-6-14(7-13)8-21(26)24-22-25(17-11-32(27,28)12-20(17)31-22)16-9-15(23)18(29-2)10-19(16)30-3/h4-7,9-10,17,20H,8,11-12H2,1-3H3. The summed E-state index contributed by atoms with van der Waals surface area (Å²) in [6.07, 6.45) is 0.160. The van der Waals surface area contributed by atoms with Crippen LogP contribution in [0.2, 0.25) is 5.02 Å². The highest BCUT2D eigenvalue weighted by Gasteiger charge is 2.50. The zero-order valence-electron chi connectivity index (χ0n) is 17.9. The Kier molecular flexibility index (Phi) is 6.42. The van der Waals surface area contributed by atoms with Crippen LogP contribution in [-0.2, 0) is 21.1 Å². The Balaban J connectivity index is 1.73. The van der Waals surface area contributed by atoms with Gasteiger partial charge in [0.15, 0.2) is 15.0 Å². The predicted molar refractivity (Wildman–Crippen MR) is 128 cm³/mol. The predicted octanol–water partition coefficient (Wildman–Crippen LogP) is 3.51. The number of aryl methyl sites for hydroxylation is 1. The number of thioether (sulfide) groups is 1. The minimum atomic E-state index is -3.20. The van der Waals surface area contributed by atoms with Crippen molar-refractivity contribution in [1.29, 1.82) is 0 Å². The first-order chi connectivity index (χ1) is 15.2. The van der Waals surface area contributed by atoms with Gasteiger partial charge in [-0.3, -0.25) is 4.79 Å². The smallest absolute Gasteiger partial charge is 0.252 e. The number of aliphatic imine (C=N–C) groups is 1. The molecule has 0 spiro atoms. The zero-order chi connectivity index (χ0) is 23.0. The maximum atomic E-state index is 12.8. The summed E-state index contributed by atoms with van der Waals surface area (Å²) in [5.41, 5.74) is 2.50. The summed E-state index contributed by atoms with van der Waals surface area (Å²) in [4.78, 5) is 19.0. The molecule has 7 nitrogen and oxygen atoms in total. The number of ether oxygens (including phenoxy) is 2. The molecule has 0 radical (unpaired) electrons. The summed E-state index contributed by atoms with van der Waals surface area (Å²) in [6, 6.07) is 10.6. The van der Waals surface area contributed by atoms with E-state index in [4.69, 9.17) is 21.1 Å². The van der Waals surface area contributed by atoms with Crippen molar-refractivity contribution in [3.63, 3.8) is 0 Å². The molecule has 4 rings (SSSR count). The highest BCUT2D eigenvalue weighted by atomic mass is 35.5. The summed E-state index contributed by atoms with van der Waals surface area (Å²) >= 11 is 7.68. The van der Waals surface area contributed by atoms with Gasteiger partial charge in [-0.05, 0) is 18.6 Å². The summed E-state index contributed by atoms with van der Waals surface area (Å²) in [6.45, 7) is 1.97. The maximum absolute atomic E-state index is 12.8. The van der Waals surface area contributed by atoms with E-state index in [9.17, 15) is 13.2 Å². The van der Waals surface area contributed by atoms with Gasteiger partial charge in [-0.15, -0.1) is 0 Å². The Hall–Kier alpha value is -2.23. The number of benzene rings is 2. The number of sulfone groups is 1. The summed E-state index contributed by atoms with van der Waals surface area (Å²) in [5.74, 6) is 0.599. The molecule has 0 saturated carbocycles. The number of anilines is 1. The molecule has 2 saturated heterocycles. The van der Waals surface area contributed by atoms with E-state index in [1.807, 2.05) is 31.2 Å². The Morgan fingerprint density at radius 1 is 1.19 bits per heavy atom. The molecule has 2 fully saturated rings. The molecule has 2 aliphatic rings. The van der Waals surface area contributed by atoms with Crippen LogP contribution in [-0.4, -0.2) is 56.5 Å². The fraction of sp³-hybridized carbons (Fsp3) is 0.364. The molecule has 10 heteroatoms.